The van der Waals surface area contributed by atoms with E-state index >= 15 is 0 Å². The van der Waals surface area contributed by atoms with Crippen molar-refractivity contribution in [3.05, 3.63) is 52.5 Å². The second kappa shape index (κ2) is 6.46. The molecule has 0 aliphatic carbocycles. The van der Waals surface area contributed by atoms with E-state index in [1.54, 1.807) is 12.1 Å². The Balaban J connectivity index is 1.79. The topological polar surface area (TPSA) is 50.4 Å². The Morgan fingerprint density at radius 2 is 1.91 bits per heavy atom. The molecule has 2 aromatic rings. The molecule has 0 atom stereocenters. The van der Waals surface area contributed by atoms with E-state index in [1.807, 2.05) is 16.8 Å². The molecule has 1 fully saturated rings. The van der Waals surface area contributed by atoms with Crippen LogP contribution in [0.4, 0.5) is 14.9 Å². The third-order valence-corrected chi connectivity index (χ3v) is 4.56. The highest BCUT2D eigenvalue weighted by Gasteiger charge is 2.36. The minimum Gasteiger partial charge on any atom is -0.381 e. The summed E-state index contributed by atoms with van der Waals surface area (Å²) in [7, 11) is 0. The van der Waals surface area contributed by atoms with Gasteiger partial charge >= 0.3 is 6.03 Å². The lowest BCUT2D eigenvalue weighted by atomic mass is 9.83. The molecule has 116 valence electrons. The van der Waals surface area contributed by atoms with E-state index in [0.717, 1.165) is 11.3 Å². The van der Waals surface area contributed by atoms with Crippen LogP contribution in [0.25, 0.3) is 0 Å². The first-order valence-electron chi connectivity index (χ1n) is 7.13. The van der Waals surface area contributed by atoms with Crippen LogP contribution in [0.1, 0.15) is 18.4 Å². The third-order valence-electron chi connectivity index (χ3n) is 3.88. The van der Waals surface area contributed by atoms with Gasteiger partial charge in [0.25, 0.3) is 0 Å². The second-order valence-electron chi connectivity index (χ2n) is 5.29. The summed E-state index contributed by atoms with van der Waals surface area (Å²) in [5, 5.41) is 9.65. The van der Waals surface area contributed by atoms with Gasteiger partial charge in [0.15, 0.2) is 0 Å². The number of rotatable bonds is 3. The summed E-state index contributed by atoms with van der Waals surface area (Å²) in [6.07, 6.45) is 1.32. The summed E-state index contributed by atoms with van der Waals surface area (Å²) in [5.41, 5.74) is 1.15. The molecule has 0 unspecified atom stereocenters. The third kappa shape index (κ3) is 3.28. The summed E-state index contributed by atoms with van der Waals surface area (Å²) in [5.74, 6) is -0.284. The van der Waals surface area contributed by atoms with E-state index in [9.17, 15) is 9.18 Å². The van der Waals surface area contributed by atoms with Crippen LogP contribution in [-0.2, 0) is 10.3 Å². The van der Waals surface area contributed by atoms with Gasteiger partial charge in [0, 0.05) is 18.6 Å². The summed E-state index contributed by atoms with van der Waals surface area (Å²) in [4.78, 5) is 12.3. The van der Waals surface area contributed by atoms with Crippen molar-refractivity contribution in [1.29, 1.82) is 0 Å². The first-order valence-corrected chi connectivity index (χ1v) is 8.07. The minimum atomic E-state index is -0.522. The van der Waals surface area contributed by atoms with Crippen molar-refractivity contribution >= 4 is 23.1 Å². The molecule has 6 heteroatoms. The predicted octanol–water partition coefficient (Wildman–Crippen LogP) is 3.71. The minimum absolute atomic E-state index is 0.260. The van der Waals surface area contributed by atoms with Crippen LogP contribution in [0, 0.1) is 5.82 Å². The zero-order chi connectivity index (χ0) is 15.4. The number of anilines is 1. The fourth-order valence-electron chi connectivity index (χ4n) is 2.69. The summed E-state index contributed by atoms with van der Waals surface area (Å²) < 4.78 is 18.6. The molecule has 1 saturated heterocycles. The number of carbonyl (C=O) groups is 1. The van der Waals surface area contributed by atoms with Gasteiger partial charge < -0.3 is 15.4 Å². The van der Waals surface area contributed by atoms with Crippen LogP contribution < -0.4 is 10.6 Å². The molecule has 22 heavy (non-hydrogen) atoms. The quantitative estimate of drug-likeness (QED) is 0.905. The Morgan fingerprint density at radius 1 is 1.18 bits per heavy atom. The molecule has 0 saturated carbocycles. The first kappa shape index (κ1) is 15.0. The molecule has 3 rings (SSSR count). The van der Waals surface area contributed by atoms with Crippen molar-refractivity contribution in [3.8, 4) is 0 Å². The SMILES string of the molecule is O=C(Nc1ccsc1)NC1(c2ccc(F)cc2)CCOCC1. The highest BCUT2D eigenvalue weighted by atomic mass is 32.1. The van der Waals surface area contributed by atoms with E-state index < -0.39 is 5.54 Å². The van der Waals surface area contributed by atoms with Gasteiger partial charge in [-0.25, -0.2) is 9.18 Å². The van der Waals surface area contributed by atoms with Gasteiger partial charge in [-0.05, 0) is 42.0 Å². The number of halogens is 1. The van der Waals surface area contributed by atoms with Gasteiger partial charge in [0.2, 0.25) is 0 Å². The lowest BCUT2D eigenvalue weighted by Crippen LogP contribution is -2.50. The molecule has 1 aromatic heterocycles. The van der Waals surface area contributed by atoms with E-state index in [-0.39, 0.29) is 11.8 Å². The van der Waals surface area contributed by atoms with E-state index in [2.05, 4.69) is 10.6 Å². The number of urea groups is 1. The van der Waals surface area contributed by atoms with Crippen molar-refractivity contribution in [2.24, 2.45) is 0 Å². The fraction of sp³-hybridized carbons (Fsp3) is 0.312. The van der Waals surface area contributed by atoms with E-state index in [4.69, 9.17) is 4.74 Å². The molecule has 1 aromatic carbocycles. The molecule has 4 nitrogen and oxygen atoms in total. The van der Waals surface area contributed by atoms with Crippen molar-refractivity contribution in [3.63, 3.8) is 0 Å². The number of amides is 2. The van der Waals surface area contributed by atoms with Crippen LogP contribution in [0.5, 0.6) is 0 Å². The van der Waals surface area contributed by atoms with Gasteiger partial charge in [0.05, 0.1) is 11.2 Å². The normalized spacial score (nSPS) is 17.0. The number of thiophene rings is 1. The molecule has 2 amide bonds. The van der Waals surface area contributed by atoms with Crippen LogP contribution in [0.3, 0.4) is 0 Å². The molecule has 0 spiro atoms. The van der Waals surface area contributed by atoms with Gasteiger partial charge in [0.1, 0.15) is 5.82 Å². The Hall–Kier alpha value is -1.92. The van der Waals surface area contributed by atoms with E-state index in [0.29, 0.717) is 26.1 Å². The van der Waals surface area contributed by atoms with Crippen molar-refractivity contribution in [2.45, 2.75) is 18.4 Å². The standard InChI is InChI=1S/C16H17FN2O2S/c17-13-3-1-12(2-4-13)16(6-8-21-9-7-16)19-15(20)18-14-5-10-22-11-14/h1-5,10-11H,6-9H2,(H2,18,19,20). The van der Waals surface area contributed by atoms with Crippen LogP contribution in [-0.4, -0.2) is 19.2 Å². The summed E-state index contributed by atoms with van der Waals surface area (Å²) >= 11 is 1.52. The number of carbonyl (C=O) groups excluding carboxylic acids is 1. The Bertz CT molecular complexity index is 622. The highest BCUT2D eigenvalue weighted by molar-refractivity contribution is 7.08. The van der Waals surface area contributed by atoms with Gasteiger partial charge in [-0.1, -0.05) is 12.1 Å². The average Bonchev–Trinajstić information content (AvgIpc) is 3.01. The number of hydrogen-bond acceptors (Lipinski definition) is 3. The lowest BCUT2D eigenvalue weighted by molar-refractivity contribution is 0.0418. The van der Waals surface area contributed by atoms with Crippen molar-refractivity contribution in [1.82, 2.24) is 5.32 Å². The maximum Gasteiger partial charge on any atom is 0.319 e. The van der Waals surface area contributed by atoms with Crippen LogP contribution >= 0.6 is 11.3 Å². The predicted molar refractivity (Wildman–Crippen MR) is 84.6 cm³/mol. The van der Waals surface area contributed by atoms with Crippen molar-refractivity contribution in [2.75, 3.05) is 18.5 Å². The molecular weight excluding hydrogens is 303 g/mol. The zero-order valence-electron chi connectivity index (χ0n) is 12.0. The Morgan fingerprint density at radius 3 is 2.55 bits per heavy atom. The Kier molecular flexibility index (Phi) is 4.40. The van der Waals surface area contributed by atoms with Crippen LogP contribution in [0.15, 0.2) is 41.1 Å². The molecule has 1 aliphatic heterocycles. The molecule has 0 bridgehead atoms. The molecule has 2 N–H and O–H groups in total. The summed E-state index contributed by atoms with van der Waals surface area (Å²) in [6, 6.07) is 7.89. The smallest absolute Gasteiger partial charge is 0.319 e. The second-order valence-corrected chi connectivity index (χ2v) is 6.07. The molecule has 2 heterocycles. The molecule has 0 radical (unpaired) electrons. The fourth-order valence-corrected chi connectivity index (χ4v) is 3.28. The zero-order valence-corrected chi connectivity index (χ0v) is 12.8. The first-order chi connectivity index (χ1) is 10.7. The number of benzene rings is 1. The average molecular weight is 320 g/mol. The van der Waals surface area contributed by atoms with Gasteiger partial charge in [-0.3, -0.25) is 0 Å². The van der Waals surface area contributed by atoms with Gasteiger partial charge in [-0.15, -0.1) is 0 Å². The van der Waals surface area contributed by atoms with Crippen LogP contribution in [0.2, 0.25) is 0 Å². The monoisotopic (exact) mass is 320 g/mol. The largest absolute Gasteiger partial charge is 0.381 e. The molecular formula is C16H17FN2O2S. The summed E-state index contributed by atoms with van der Waals surface area (Å²) in [6.45, 7) is 1.13. The van der Waals surface area contributed by atoms with E-state index in [1.165, 1.54) is 23.5 Å². The molecule has 1 aliphatic rings. The Labute approximate surface area is 132 Å². The highest BCUT2D eigenvalue weighted by Crippen LogP contribution is 2.32. The van der Waals surface area contributed by atoms with Gasteiger partial charge in [-0.2, -0.15) is 11.3 Å². The maximum absolute atomic E-state index is 13.2. The van der Waals surface area contributed by atoms with Crippen molar-refractivity contribution < 1.29 is 13.9 Å². The number of ether oxygens (including phenoxy) is 1. The number of nitrogens with one attached hydrogen (secondary N) is 2. The lowest BCUT2D eigenvalue weighted by Gasteiger charge is -2.38. The maximum atomic E-state index is 13.2. The number of hydrogen-bond donors (Lipinski definition) is 2.